The van der Waals surface area contributed by atoms with Crippen molar-refractivity contribution in [3.05, 3.63) is 73.3 Å². The van der Waals surface area contributed by atoms with Crippen molar-refractivity contribution in [3.63, 3.8) is 0 Å². The summed E-state index contributed by atoms with van der Waals surface area (Å²) < 4.78 is 41.8. The molecule has 174 valence electrons. The fourth-order valence-electron chi connectivity index (χ4n) is 4.75. The Labute approximate surface area is 201 Å². The van der Waals surface area contributed by atoms with E-state index >= 15 is 0 Å². The molecule has 0 spiro atoms. The quantitative estimate of drug-likeness (QED) is 0.352. The van der Waals surface area contributed by atoms with Gasteiger partial charge < -0.3 is 13.6 Å². The van der Waals surface area contributed by atoms with Crippen LogP contribution in [0.4, 0.5) is 0 Å². The molecule has 2 aliphatic heterocycles. The summed E-state index contributed by atoms with van der Waals surface area (Å²) in [6.07, 6.45) is 0.536. The van der Waals surface area contributed by atoms with Crippen molar-refractivity contribution < 1.29 is 22.0 Å². The van der Waals surface area contributed by atoms with Gasteiger partial charge in [-0.1, -0.05) is 15.9 Å². The van der Waals surface area contributed by atoms with E-state index in [0.717, 1.165) is 4.47 Å². The molecule has 1 saturated heterocycles. The number of rotatable bonds is 2. The van der Waals surface area contributed by atoms with Crippen LogP contribution in [0, 0.1) is 0 Å². The lowest BCUT2D eigenvalue weighted by Crippen LogP contribution is -2.41. The van der Waals surface area contributed by atoms with Crippen molar-refractivity contribution in [1.82, 2.24) is 4.90 Å². The number of sulfone groups is 1. The van der Waals surface area contributed by atoms with E-state index in [0.29, 0.717) is 51.8 Å². The van der Waals surface area contributed by atoms with Gasteiger partial charge in [0.1, 0.15) is 23.6 Å². The van der Waals surface area contributed by atoms with Crippen LogP contribution in [0.1, 0.15) is 12.0 Å². The highest BCUT2D eigenvalue weighted by Crippen LogP contribution is 2.37. The van der Waals surface area contributed by atoms with E-state index in [2.05, 4.69) is 15.9 Å². The van der Waals surface area contributed by atoms with Gasteiger partial charge in [-0.05, 0) is 42.8 Å². The summed E-state index contributed by atoms with van der Waals surface area (Å²) in [6.45, 7) is 0.629. The maximum Gasteiger partial charge on any atom is 0.344 e. The maximum absolute atomic E-state index is 12.8. The number of halogens is 1. The van der Waals surface area contributed by atoms with E-state index in [1.165, 1.54) is 6.07 Å². The van der Waals surface area contributed by atoms with Crippen LogP contribution in [0.5, 0.6) is 5.75 Å². The number of benzene rings is 2. The molecular weight excluding hydrogens is 526 g/mol. The zero-order valence-corrected chi connectivity index (χ0v) is 20.1. The Morgan fingerprint density at radius 3 is 2.65 bits per heavy atom. The molecule has 4 heterocycles. The summed E-state index contributed by atoms with van der Waals surface area (Å²) in [5.74, 6) is 0.808. The molecule has 1 unspecified atom stereocenters. The maximum atomic E-state index is 12.8. The second-order valence-corrected chi connectivity index (χ2v) is 11.7. The zero-order chi connectivity index (χ0) is 23.6. The lowest BCUT2D eigenvalue weighted by Gasteiger charge is -2.33. The SMILES string of the molecule is O=c1cc(-c2cc3cc(Br)ccc3oc2=O)c2ccc3c(c2o1)CN(C1CCS(=O)(=O)C1)CO3. The molecule has 0 aliphatic carbocycles. The molecule has 10 heteroatoms. The topological polar surface area (TPSA) is 107 Å². The molecule has 0 N–H and O–H groups in total. The number of nitrogens with zero attached hydrogens (tertiary/aromatic N) is 1. The van der Waals surface area contributed by atoms with Gasteiger partial charge in [-0.2, -0.15) is 0 Å². The fraction of sp³-hybridized carbons (Fsp3) is 0.250. The first-order chi connectivity index (χ1) is 16.3. The third-order valence-corrected chi connectivity index (χ3v) is 8.67. The largest absolute Gasteiger partial charge is 0.478 e. The average Bonchev–Trinajstić information content (AvgIpc) is 3.17. The van der Waals surface area contributed by atoms with Gasteiger partial charge in [-0.15, -0.1) is 0 Å². The number of hydrogen-bond donors (Lipinski definition) is 0. The predicted octanol–water partition coefficient (Wildman–Crippen LogP) is 3.67. The van der Waals surface area contributed by atoms with E-state index in [1.807, 2.05) is 11.0 Å². The zero-order valence-electron chi connectivity index (χ0n) is 17.7. The van der Waals surface area contributed by atoms with E-state index in [-0.39, 0.29) is 29.8 Å². The molecular formula is C24H18BrNO7S. The lowest BCUT2D eigenvalue weighted by atomic mass is 9.99. The molecule has 0 radical (unpaired) electrons. The smallest absolute Gasteiger partial charge is 0.344 e. The van der Waals surface area contributed by atoms with E-state index < -0.39 is 21.1 Å². The first-order valence-electron chi connectivity index (χ1n) is 10.7. The van der Waals surface area contributed by atoms with Crippen LogP contribution in [-0.4, -0.2) is 37.6 Å². The van der Waals surface area contributed by atoms with Gasteiger partial charge in [-0.3, -0.25) is 4.90 Å². The summed E-state index contributed by atoms with van der Waals surface area (Å²) in [6, 6.07) is 11.7. The van der Waals surface area contributed by atoms with Crippen molar-refractivity contribution in [1.29, 1.82) is 0 Å². The molecule has 1 fully saturated rings. The molecule has 0 saturated carbocycles. The molecule has 0 amide bonds. The predicted molar refractivity (Wildman–Crippen MR) is 130 cm³/mol. The molecule has 34 heavy (non-hydrogen) atoms. The summed E-state index contributed by atoms with van der Waals surface area (Å²) in [4.78, 5) is 27.4. The third-order valence-electron chi connectivity index (χ3n) is 6.43. The van der Waals surface area contributed by atoms with Crippen molar-refractivity contribution >= 4 is 47.7 Å². The molecule has 8 nitrogen and oxygen atoms in total. The van der Waals surface area contributed by atoms with Crippen LogP contribution in [0.3, 0.4) is 0 Å². The fourth-order valence-corrected chi connectivity index (χ4v) is 6.89. The molecule has 2 aliphatic rings. The molecule has 1 atom stereocenters. The Hall–Kier alpha value is -2.95. The Bertz CT molecular complexity index is 1710. The molecule has 6 rings (SSSR count). The Morgan fingerprint density at radius 1 is 1.00 bits per heavy atom. The summed E-state index contributed by atoms with van der Waals surface area (Å²) >= 11 is 3.42. The Kier molecular flexibility index (Phi) is 4.94. The monoisotopic (exact) mass is 543 g/mol. The number of hydrogen-bond acceptors (Lipinski definition) is 8. The molecule has 2 aromatic heterocycles. The molecule has 4 aromatic rings. The van der Waals surface area contributed by atoms with Gasteiger partial charge in [0.25, 0.3) is 0 Å². The van der Waals surface area contributed by atoms with Gasteiger partial charge in [0, 0.05) is 39.5 Å². The van der Waals surface area contributed by atoms with E-state index in [4.69, 9.17) is 13.6 Å². The standard InChI is InChI=1S/C24H18BrNO7S/c25-14-1-3-20-13(7-14)8-18(24(28)32-20)17-9-22(27)33-23-16(17)2-4-21-19(23)10-26(12-31-21)15-5-6-34(29,30)11-15/h1-4,7-9,15H,5-6,10-12H2. The van der Waals surface area contributed by atoms with Gasteiger partial charge in [0.2, 0.25) is 0 Å². The first kappa shape index (κ1) is 21.6. The summed E-state index contributed by atoms with van der Waals surface area (Å²) in [5.41, 5.74) is 0.902. The summed E-state index contributed by atoms with van der Waals surface area (Å²) in [5, 5.41) is 1.28. The van der Waals surface area contributed by atoms with Gasteiger partial charge >= 0.3 is 11.3 Å². The number of fused-ring (bicyclic) bond motifs is 4. The molecule has 2 aromatic carbocycles. The van der Waals surface area contributed by atoms with Crippen LogP contribution in [0.25, 0.3) is 33.1 Å². The van der Waals surface area contributed by atoms with Gasteiger partial charge in [-0.25, -0.2) is 18.0 Å². The van der Waals surface area contributed by atoms with Crippen LogP contribution in [-0.2, 0) is 16.4 Å². The van der Waals surface area contributed by atoms with Gasteiger partial charge in [0.05, 0.1) is 22.6 Å². The van der Waals surface area contributed by atoms with Crippen molar-refractivity contribution in [2.75, 3.05) is 18.2 Å². The van der Waals surface area contributed by atoms with Crippen LogP contribution in [0.15, 0.2) is 65.4 Å². The second kappa shape index (κ2) is 7.79. The van der Waals surface area contributed by atoms with Crippen LogP contribution >= 0.6 is 15.9 Å². The highest BCUT2D eigenvalue weighted by atomic mass is 79.9. The first-order valence-corrected chi connectivity index (χ1v) is 13.3. The Morgan fingerprint density at radius 2 is 1.85 bits per heavy atom. The van der Waals surface area contributed by atoms with Gasteiger partial charge in [0.15, 0.2) is 9.84 Å². The minimum atomic E-state index is -3.06. The van der Waals surface area contributed by atoms with Crippen LogP contribution in [0.2, 0.25) is 0 Å². The highest BCUT2D eigenvalue weighted by Gasteiger charge is 2.35. The van der Waals surface area contributed by atoms with Crippen molar-refractivity contribution in [2.24, 2.45) is 0 Å². The summed E-state index contributed by atoms with van der Waals surface area (Å²) in [7, 11) is -3.06. The minimum absolute atomic E-state index is 0.0827. The van der Waals surface area contributed by atoms with E-state index in [9.17, 15) is 18.0 Å². The highest BCUT2D eigenvalue weighted by molar-refractivity contribution is 9.10. The Balaban J connectivity index is 1.51. The van der Waals surface area contributed by atoms with E-state index in [1.54, 1.807) is 30.3 Å². The van der Waals surface area contributed by atoms with Crippen molar-refractivity contribution in [2.45, 2.75) is 19.0 Å². The second-order valence-electron chi connectivity index (χ2n) is 8.60. The normalized spacial score (nSPS) is 19.9. The van der Waals surface area contributed by atoms with Crippen molar-refractivity contribution in [3.8, 4) is 16.9 Å². The lowest BCUT2D eigenvalue weighted by molar-refractivity contribution is 0.0649. The molecule has 0 bridgehead atoms. The third kappa shape index (κ3) is 3.66. The van der Waals surface area contributed by atoms with Crippen LogP contribution < -0.4 is 16.0 Å². The minimum Gasteiger partial charge on any atom is -0.478 e. The average molecular weight is 544 g/mol. The number of ether oxygens (including phenoxy) is 1.